The Bertz CT molecular complexity index is 666. The van der Waals surface area contributed by atoms with Crippen LogP contribution < -0.4 is 5.32 Å². The smallest absolute Gasteiger partial charge is 0.313 e. The lowest BCUT2D eigenvalue weighted by molar-refractivity contribution is -0.133. The summed E-state index contributed by atoms with van der Waals surface area (Å²) < 4.78 is 0.518. The number of carbonyl (C=O) groups excluding carboxylic acids is 1. The summed E-state index contributed by atoms with van der Waals surface area (Å²) in [5.74, 6) is -1.21. The quantitative estimate of drug-likeness (QED) is 0.619. The third-order valence-corrected chi connectivity index (χ3v) is 5.62. The van der Waals surface area contributed by atoms with Gasteiger partial charge in [-0.1, -0.05) is 30.0 Å². The number of thiophene rings is 1. The number of nitrogens with zero attached hydrogens (tertiary/aromatic N) is 2. The first kappa shape index (κ1) is 15.9. The van der Waals surface area contributed by atoms with Crippen LogP contribution in [0.3, 0.4) is 0 Å². The predicted octanol–water partition coefficient (Wildman–Crippen LogP) is 2.90. The molecule has 0 spiro atoms. The maximum atomic E-state index is 12.1. The van der Waals surface area contributed by atoms with Crippen LogP contribution in [0.4, 0.5) is 5.13 Å². The van der Waals surface area contributed by atoms with E-state index in [1.165, 1.54) is 16.9 Å². The Morgan fingerprint density at radius 2 is 2.14 bits per heavy atom. The maximum absolute atomic E-state index is 12.1. The van der Waals surface area contributed by atoms with Crippen molar-refractivity contribution in [1.82, 2.24) is 10.2 Å². The molecule has 2 heterocycles. The van der Waals surface area contributed by atoms with E-state index in [2.05, 4.69) is 15.5 Å². The highest BCUT2D eigenvalue weighted by Gasteiger charge is 2.14. The van der Waals surface area contributed by atoms with Gasteiger partial charge in [0.2, 0.25) is 5.13 Å². The fraction of sp³-hybridized carbons (Fsp3) is 0.333. The molecule has 0 aliphatic heterocycles. The van der Waals surface area contributed by atoms with Crippen molar-refractivity contribution in [1.29, 1.82) is 0 Å². The summed E-state index contributed by atoms with van der Waals surface area (Å²) in [5.41, 5.74) is 1.17. The lowest BCUT2D eigenvalue weighted by Crippen LogP contribution is -2.09. The number of aromatic nitrogens is 2. The molecule has 0 unspecified atom stereocenters. The van der Waals surface area contributed by atoms with Crippen molar-refractivity contribution in [3.05, 3.63) is 21.4 Å². The summed E-state index contributed by atoms with van der Waals surface area (Å²) in [5, 5.41) is 19.3. The number of carboxylic acid groups (broad SMARTS) is 1. The van der Waals surface area contributed by atoms with Crippen LogP contribution in [-0.4, -0.2) is 32.9 Å². The SMILES string of the molecule is CCc1cc(C(=O)Nc2nnc(SCC(=O)O)s2)sc1C. The molecule has 0 aliphatic carbocycles. The van der Waals surface area contributed by atoms with Crippen LogP contribution >= 0.6 is 34.4 Å². The Kier molecular flexibility index (Phi) is 5.32. The van der Waals surface area contributed by atoms with E-state index >= 15 is 0 Å². The highest BCUT2D eigenvalue weighted by molar-refractivity contribution is 8.01. The Labute approximate surface area is 133 Å². The van der Waals surface area contributed by atoms with Crippen LogP contribution in [0.15, 0.2) is 10.4 Å². The minimum Gasteiger partial charge on any atom is -0.481 e. The zero-order chi connectivity index (χ0) is 15.4. The number of carboxylic acids is 1. The van der Waals surface area contributed by atoms with Crippen LogP contribution in [0.25, 0.3) is 0 Å². The Morgan fingerprint density at radius 1 is 1.38 bits per heavy atom. The van der Waals surface area contributed by atoms with E-state index in [1.54, 1.807) is 0 Å². The van der Waals surface area contributed by atoms with Crippen molar-refractivity contribution in [3.8, 4) is 0 Å². The van der Waals surface area contributed by atoms with E-state index in [0.29, 0.717) is 14.3 Å². The number of hydrogen-bond acceptors (Lipinski definition) is 7. The van der Waals surface area contributed by atoms with E-state index in [9.17, 15) is 9.59 Å². The average Bonchev–Trinajstić information content (AvgIpc) is 3.02. The van der Waals surface area contributed by atoms with Crippen LogP contribution in [-0.2, 0) is 11.2 Å². The Balaban J connectivity index is 2.00. The van der Waals surface area contributed by atoms with Gasteiger partial charge in [-0.3, -0.25) is 14.9 Å². The third kappa shape index (κ3) is 4.26. The van der Waals surface area contributed by atoms with Crippen molar-refractivity contribution in [3.63, 3.8) is 0 Å². The zero-order valence-corrected chi connectivity index (χ0v) is 13.8. The molecular weight excluding hydrogens is 330 g/mol. The summed E-state index contributed by atoms with van der Waals surface area (Å²) in [7, 11) is 0. The molecule has 21 heavy (non-hydrogen) atoms. The largest absolute Gasteiger partial charge is 0.481 e. The van der Waals surface area contributed by atoms with Gasteiger partial charge in [0.1, 0.15) is 0 Å². The molecule has 2 aromatic rings. The van der Waals surface area contributed by atoms with Gasteiger partial charge in [0.05, 0.1) is 10.6 Å². The second-order valence-corrected chi connectivity index (χ2v) is 7.51. The second-order valence-electron chi connectivity index (χ2n) is 4.06. The lowest BCUT2D eigenvalue weighted by atomic mass is 10.2. The predicted molar refractivity (Wildman–Crippen MR) is 84.7 cm³/mol. The highest BCUT2D eigenvalue weighted by atomic mass is 32.2. The fourth-order valence-electron chi connectivity index (χ4n) is 1.58. The summed E-state index contributed by atoms with van der Waals surface area (Å²) in [4.78, 5) is 24.4. The van der Waals surface area contributed by atoms with Gasteiger partial charge in [0, 0.05) is 4.88 Å². The van der Waals surface area contributed by atoms with Gasteiger partial charge in [0.15, 0.2) is 4.34 Å². The van der Waals surface area contributed by atoms with Crippen LogP contribution in [0, 0.1) is 6.92 Å². The molecule has 2 aromatic heterocycles. The van der Waals surface area contributed by atoms with Crippen LogP contribution in [0.1, 0.15) is 27.0 Å². The van der Waals surface area contributed by atoms with E-state index < -0.39 is 5.97 Å². The van der Waals surface area contributed by atoms with E-state index in [-0.39, 0.29) is 11.7 Å². The summed E-state index contributed by atoms with van der Waals surface area (Å²) >= 11 is 3.69. The van der Waals surface area contributed by atoms with Crippen LogP contribution in [0.5, 0.6) is 0 Å². The minimum atomic E-state index is -0.915. The Hall–Kier alpha value is -1.45. The topological polar surface area (TPSA) is 92.2 Å². The molecule has 0 saturated carbocycles. The van der Waals surface area contributed by atoms with Crippen molar-refractivity contribution in [2.75, 3.05) is 11.1 Å². The molecule has 112 valence electrons. The van der Waals surface area contributed by atoms with Gasteiger partial charge in [0.25, 0.3) is 5.91 Å². The lowest BCUT2D eigenvalue weighted by Gasteiger charge is -1.96. The first-order chi connectivity index (χ1) is 9.99. The first-order valence-corrected chi connectivity index (χ1v) is 8.70. The van der Waals surface area contributed by atoms with Crippen molar-refractivity contribution in [2.45, 2.75) is 24.6 Å². The number of thioether (sulfide) groups is 1. The number of amides is 1. The number of anilines is 1. The van der Waals surface area contributed by atoms with Gasteiger partial charge in [-0.2, -0.15) is 0 Å². The molecular formula is C12H13N3O3S3. The average molecular weight is 343 g/mol. The van der Waals surface area contributed by atoms with Crippen LogP contribution in [0.2, 0.25) is 0 Å². The molecule has 0 saturated heterocycles. The number of rotatable bonds is 6. The number of aliphatic carboxylic acids is 1. The fourth-order valence-corrected chi connectivity index (χ4v) is 4.06. The van der Waals surface area contributed by atoms with E-state index in [1.807, 2.05) is 19.9 Å². The van der Waals surface area contributed by atoms with Gasteiger partial charge < -0.3 is 5.11 Å². The third-order valence-electron chi connectivity index (χ3n) is 2.57. The molecule has 0 radical (unpaired) electrons. The first-order valence-electron chi connectivity index (χ1n) is 6.08. The summed E-state index contributed by atoms with van der Waals surface area (Å²) in [6, 6.07) is 1.89. The highest BCUT2D eigenvalue weighted by Crippen LogP contribution is 2.27. The van der Waals surface area contributed by atoms with E-state index in [4.69, 9.17) is 5.11 Å². The number of aryl methyl sites for hydroxylation is 2. The minimum absolute atomic E-state index is 0.0768. The van der Waals surface area contributed by atoms with Crippen molar-refractivity contribution >= 4 is 51.4 Å². The van der Waals surface area contributed by atoms with E-state index in [0.717, 1.165) is 34.4 Å². The number of hydrogen-bond donors (Lipinski definition) is 2. The molecule has 0 aliphatic rings. The van der Waals surface area contributed by atoms with Crippen molar-refractivity contribution in [2.24, 2.45) is 0 Å². The Morgan fingerprint density at radius 3 is 2.76 bits per heavy atom. The summed E-state index contributed by atoms with van der Waals surface area (Å²) in [6.45, 7) is 4.04. The molecule has 0 fully saturated rings. The molecule has 2 N–H and O–H groups in total. The molecule has 0 atom stereocenters. The summed E-state index contributed by atoms with van der Waals surface area (Å²) in [6.07, 6.45) is 0.893. The van der Waals surface area contributed by atoms with Gasteiger partial charge in [-0.15, -0.1) is 21.5 Å². The molecule has 1 amide bonds. The molecule has 6 nitrogen and oxygen atoms in total. The molecule has 9 heteroatoms. The standard InChI is InChI=1S/C12H13N3O3S3/c1-3-7-4-8(20-6(7)2)10(18)13-11-14-15-12(21-11)19-5-9(16)17/h4H,3,5H2,1-2H3,(H,16,17)(H,13,14,18). The van der Waals surface area contributed by atoms with Gasteiger partial charge in [-0.05, 0) is 25.0 Å². The normalized spacial score (nSPS) is 10.6. The monoisotopic (exact) mass is 343 g/mol. The molecule has 2 rings (SSSR count). The second kappa shape index (κ2) is 7.01. The van der Waals surface area contributed by atoms with Gasteiger partial charge >= 0.3 is 5.97 Å². The molecule has 0 bridgehead atoms. The zero-order valence-electron chi connectivity index (χ0n) is 11.4. The maximum Gasteiger partial charge on any atom is 0.313 e. The van der Waals surface area contributed by atoms with Gasteiger partial charge in [-0.25, -0.2) is 0 Å². The van der Waals surface area contributed by atoms with Crippen molar-refractivity contribution < 1.29 is 14.7 Å². The number of carbonyl (C=O) groups is 2. The molecule has 0 aromatic carbocycles. The number of nitrogens with one attached hydrogen (secondary N) is 1.